The van der Waals surface area contributed by atoms with Gasteiger partial charge < -0.3 is 5.11 Å². The van der Waals surface area contributed by atoms with Gasteiger partial charge in [-0.05, 0) is 67.6 Å². The van der Waals surface area contributed by atoms with Gasteiger partial charge in [-0.15, -0.1) is 0 Å². The number of rotatable bonds is 0. The summed E-state index contributed by atoms with van der Waals surface area (Å²) >= 11 is 0. The minimum atomic E-state index is -0.404. The van der Waals surface area contributed by atoms with Crippen LogP contribution in [0.4, 0.5) is 0 Å². The van der Waals surface area contributed by atoms with Crippen molar-refractivity contribution in [2.24, 2.45) is 28.6 Å². The lowest BCUT2D eigenvalue weighted by atomic mass is 9.64. The van der Waals surface area contributed by atoms with Crippen LogP contribution in [0.5, 0.6) is 0 Å². The molecular formula is C15H26O. The van der Waals surface area contributed by atoms with E-state index < -0.39 is 5.60 Å². The maximum Gasteiger partial charge on any atom is 0.0653 e. The number of hydrogen-bond acceptors (Lipinski definition) is 1. The van der Waals surface area contributed by atoms with E-state index in [0.717, 1.165) is 18.3 Å². The van der Waals surface area contributed by atoms with E-state index in [1.807, 2.05) is 0 Å². The van der Waals surface area contributed by atoms with Gasteiger partial charge in [-0.1, -0.05) is 20.8 Å². The van der Waals surface area contributed by atoms with Gasteiger partial charge in [-0.3, -0.25) is 0 Å². The summed E-state index contributed by atoms with van der Waals surface area (Å²) in [5, 5.41) is 10.6. The highest BCUT2D eigenvalue weighted by atomic mass is 16.3. The highest BCUT2D eigenvalue weighted by Crippen LogP contribution is 2.73. The molecule has 1 heteroatoms. The van der Waals surface area contributed by atoms with Crippen LogP contribution in [0.3, 0.4) is 0 Å². The molecule has 1 N–H and O–H groups in total. The molecule has 3 rings (SSSR count). The summed E-state index contributed by atoms with van der Waals surface area (Å²) in [7, 11) is 0. The van der Waals surface area contributed by atoms with Crippen molar-refractivity contribution in [3.8, 4) is 0 Å². The highest BCUT2D eigenvalue weighted by Gasteiger charge is 2.67. The van der Waals surface area contributed by atoms with Crippen LogP contribution in [0.25, 0.3) is 0 Å². The molecule has 0 aliphatic heterocycles. The molecule has 0 aromatic carbocycles. The summed E-state index contributed by atoms with van der Waals surface area (Å²) in [5.41, 5.74) is 0.542. The van der Waals surface area contributed by atoms with E-state index in [0.29, 0.717) is 16.7 Å². The van der Waals surface area contributed by atoms with Crippen molar-refractivity contribution < 1.29 is 5.11 Å². The number of fused-ring (bicyclic) bond motifs is 1. The fraction of sp³-hybridized carbons (Fsp3) is 1.00. The topological polar surface area (TPSA) is 20.2 Å². The lowest BCUT2D eigenvalue weighted by Gasteiger charge is -2.44. The average molecular weight is 222 g/mol. The smallest absolute Gasteiger partial charge is 0.0653 e. The molecule has 0 amide bonds. The van der Waals surface area contributed by atoms with Crippen LogP contribution in [0, 0.1) is 28.6 Å². The van der Waals surface area contributed by atoms with Gasteiger partial charge in [0.05, 0.1) is 5.60 Å². The van der Waals surface area contributed by atoms with Gasteiger partial charge in [0.25, 0.3) is 0 Å². The molecule has 3 aliphatic carbocycles. The molecule has 1 nitrogen and oxygen atoms in total. The fourth-order valence-electron chi connectivity index (χ4n) is 5.88. The Bertz CT molecular complexity index is 313. The van der Waals surface area contributed by atoms with Crippen LogP contribution >= 0.6 is 0 Å². The minimum absolute atomic E-state index is 0.352. The predicted octanol–water partition coefficient (Wildman–Crippen LogP) is 3.61. The Morgan fingerprint density at radius 3 is 2.38 bits per heavy atom. The first-order valence-corrected chi connectivity index (χ1v) is 7.03. The van der Waals surface area contributed by atoms with Crippen LogP contribution in [-0.4, -0.2) is 10.7 Å². The Morgan fingerprint density at radius 2 is 1.69 bits per heavy atom. The van der Waals surface area contributed by atoms with E-state index in [9.17, 15) is 5.11 Å². The third kappa shape index (κ3) is 1.06. The summed E-state index contributed by atoms with van der Waals surface area (Å²) in [6, 6.07) is 0. The molecule has 3 aliphatic rings. The average Bonchev–Trinajstić information content (AvgIpc) is 2.58. The Kier molecular flexibility index (Phi) is 1.98. The maximum absolute atomic E-state index is 10.6. The molecule has 2 bridgehead atoms. The quantitative estimate of drug-likeness (QED) is 0.664. The van der Waals surface area contributed by atoms with Gasteiger partial charge in [0.15, 0.2) is 0 Å². The largest absolute Gasteiger partial charge is 0.390 e. The zero-order valence-corrected chi connectivity index (χ0v) is 11.2. The molecule has 0 aromatic rings. The molecule has 0 saturated heterocycles. The zero-order chi connectivity index (χ0) is 11.8. The Balaban J connectivity index is 2.07. The number of aliphatic hydroxyl groups is 1. The van der Waals surface area contributed by atoms with E-state index in [-0.39, 0.29) is 0 Å². The maximum atomic E-state index is 10.6. The second-order valence-electron chi connectivity index (χ2n) is 7.70. The van der Waals surface area contributed by atoms with E-state index >= 15 is 0 Å². The van der Waals surface area contributed by atoms with Crippen LogP contribution < -0.4 is 0 Å². The first kappa shape index (κ1) is 11.1. The Labute approximate surface area is 99.6 Å². The third-order valence-corrected chi connectivity index (χ3v) is 6.79. The van der Waals surface area contributed by atoms with Gasteiger partial charge in [0, 0.05) is 0 Å². The summed E-state index contributed by atoms with van der Waals surface area (Å²) in [5.74, 6) is 2.29. The molecule has 1 spiro atoms. The van der Waals surface area contributed by atoms with Crippen molar-refractivity contribution in [3.63, 3.8) is 0 Å². The standard InChI is InChI=1S/C15H26O/c1-10-5-6-11-13(2,3)12-9-15(10,11)8-7-14(12,4)16/h10-12,16H,5-9H2,1-4H3/t10?,11?,12-,14+,15+/m1/s1. The normalized spacial score (nSPS) is 58.7. The fourth-order valence-corrected chi connectivity index (χ4v) is 5.88. The molecule has 3 saturated carbocycles. The lowest BCUT2D eigenvalue weighted by molar-refractivity contribution is -0.0717. The number of hydrogen-bond donors (Lipinski definition) is 1. The van der Waals surface area contributed by atoms with Gasteiger partial charge in [0.1, 0.15) is 0 Å². The Hall–Kier alpha value is -0.0400. The third-order valence-electron chi connectivity index (χ3n) is 6.79. The first-order chi connectivity index (χ1) is 7.31. The zero-order valence-electron chi connectivity index (χ0n) is 11.2. The van der Waals surface area contributed by atoms with Gasteiger partial charge >= 0.3 is 0 Å². The molecule has 2 unspecified atom stereocenters. The molecule has 16 heavy (non-hydrogen) atoms. The first-order valence-electron chi connectivity index (χ1n) is 7.03. The van der Waals surface area contributed by atoms with Crippen molar-refractivity contribution in [2.45, 2.75) is 65.4 Å². The van der Waals surface area contributed by atoms with Gasteiger partial charge in [-0.25, -0.2) is 0 Å². The molecule has 92 valence electrons. The van der Waals surface area contributed by atoms with Crippen molar-refractivity contribution in [3.05, 3.63) is 0 Å². The van der Waals surface area contributed by atoms with E-state index in [4.69, 9.17) is 0 Å². The van der Waals surface area contributed by atoms with Crippen LogP contribution in [0.15, 0.2) is 0 Å². The predicted molar refractivity (Wildman–Crippen MR) is 66.1 cm³/mol. The van der Waals surface area contributed by atoms with E-state index in [2.05, 4.69) is 27.7 Å². The van der Waals surface area contributed by atoms with Crippen LogP contribution in [0.1, 0.15) is 59.8 Å². The summed E-state index contributed by atoms with van der Waals surface area (Å²) in [6.45, 7) is 9.38. The summed E-state index contributed by atoms with van der Waals surface area (Å²) in [6.07, 6.45) is 6.41. The summed E-state index contributed by atoms with van der Waals surface area (Å²) < 4.78 is 0. The van der Waals surface area contributed by atoms with Crippen LogP contribution in [0.2, 0.25) is 0 Å². The second kappa shape index (κ2) is 2.85. The molecule has 0 aromatic heterocycles. The van der Waals surface area contributed by atoms with Gasteiger partial charge in [-0.2, -0.15) is 0 Å². The van der Waals surface area contributed by atoms with Gasteiger partial charge in [0.2, 0.25) is 0 Å². The van der Waals surface area contributed by atoms with Crippen molar-refractivity contribution in [2.75, 3.05) is 0 Å². The molecular weight excluding hydrogens is 196 g/mol. The van der Waals surface area contributed by atoms with Crippen molar-refractivity contribution >= 4 is 0 Å². The highest BCUT2D eigenvalue weighted by molar-refractivity contribution is 5.16. The van der Waals surface area contributed by atoms with Crippen LogP contribution in [-0.2, 0) is 0 Å². The van der Waals surface area contributed by atoms with E-state index in [1.54, 1.807) is 0 Å². The molecule has 0 heterocycles. The Morgan fingerprint density at radius 1 is 1.00 bits per heavy atom. The lowest BCUT2D eigenvalue weighted by Crippen LogP contribution is -2.44. The molecule has 0 radical (unpaired) electrons. The summed E-state index contributed by atoms with van der Waals surface area (Å²) in [4.78, 5) is 0. The van der Waals surface area contributed by atoms with Crippen molar-refractivity contribution in [1.82, 2.24) is 0 Å². The SMILES string of the molecule is CC1CCC2C(C)(C)[C@H]3C[C@@]12CC[C@]3(C)O. The second-order valence-corrected chi connectivity index (χ2v) is 7.70. The monoisotopic (exact) mass is 222 g/mol. The van der Waals surface area contributed by atoms with E-state index in [1.165, 1.54) is 25.7 Å². The molecule has 5 atom stereocenters. The molecule has 3 fully saturated rings. The van der Waals surface area contributed by atoms with Crippen molar-refractivity contribution in [1.29, 1.82) is 0 Å². The minimum Gasteiger partial charge on any atom is -0.390 e.